The van der Waals surface area contributed by atoms with Crippen molar-refractivity contribution in [3.63, 3.8) is 0 Å². The summed E-state index contributed by atoms with van der Waals surface area (Å²) in [6.45, 7) is 3.44. The van der Waals surface area contributed by atoms with Gasteiger partial charge in [-0.05, 0) is 24.0 Å². The summed E-state index contributed by atoms with van der Waals surface area (Å²) >= 11 is 0. The number of fused-ring (bicyclic) bond motifs is 1. The topological polar surface area (TPSA) is 46.3 Å². The Morgan fingerprint density at radius 2 is 2.22 bits per heavy atom. The molecule has 2 N–H and O–H groups in total. The van der Waals surface area contributed by atoms with Crippen molar-refractivity contribution in [3.8, 4) is 0 Å². The molecule has 0 saturated heterocycles. The van der Waals surface area contributed by atoms with Crippen molar-refractivity contribution in [2.24, 2.45) is 5.73 Å². The second-order valence-electron chi connectivity index (χ2n) is 4.88. The smallest absolute Gasteiger partial charge is 0.224 e. The van der Waals surface area contributed by atoms with Gasteiger partial charge in [-0.1, -0.05) is 37.6 Å². The van der Waals surface area contributed by atoms with Crippen LogP contribution in [0.25, 0.3) is 0 Å². The van der Waals surface area contributed by atoms with Gasteiger partial charge in [-0.3, -0.25) is 4.79 Å². The third-order valence-electron chi connectivity index (χ3n) is 3.65. The molecule has 1 aliphatic heterocycles. The number of hydrogen-bond donors (Lipinski definition) is 1. The Bertz CT molecular complexity index is 417. The maximum absolute atomic E-state index is 12.1. The summed E-state index contributed by atoms with van der Waals surface area (Å²) in [6.07, 6.45) is 3.55. The quantitative estimate of drug-likeness (QED) is 0.885. The van der Waals surface area contributed by atoms with Gasteiger partial charge < -0.3 is 10.6 Å². The van der Waals surface area contributed by atoms with E-state index >= 15 is 0 Å². The number of nitrogens with two attached hydrogens (primary N) is 1. The standard InChI is InChI=1S/C15H22N2O/c1-2-5-14-13-7-4-3-6-12(13)9-11-17(14)15(18)8-10-16/h3-4,6-7,14H,2,5,8-11,16H2,1H3/t14-/m1/s1. The molecule has 0 aromatic heterocycles. The zero-order valence-electron chi connectivity index (χ0n) is 11.1. The predicted octanol–water partition coefficient (Wildman–Crippen LogP) is 2.26. The van der Waals surface area contributed by atoms with Crippen LogP contribution in [-0.2, 0) is 11.2 Å². The molecule has 1 aromatic rings. The number of amides is 1. The van der Waals surface area contributed by atoms with E-state index in [9.17, 15) is 4.79 Å². The Labute approximate surface area is 109 Å². The van der Waals surface area contributed by atoms with Gasteiger partial charge in [0.15, 0.2) is 0 Å². The monoisotopic (exact) mass is 246 g/mol. The minimum atomic E-state index is 0.199. The minimum Gasteiger partial charge on any atom is -0.335 e. The van der Waals surface area contributed by atoms with Crippen molar-refractivity contribution in [2.75, 3.05) is 13.1 Å². The van der Waals surface area contributed by atoms with Gasteiger partial charge in [0.1, 0.15) is 0 Å². The molecule has 98 valence electrons. The number of nitrogens with zero attached hydrogens (tertiary/aromatic N) is 1. The van der Waals surface area contributed by atoms with E-state index in [4.69, 9.17) is 5.73 Å². The number of carbonyl (C=O) groups is 1. The Balaban J connectivity index is 2.26. The van der Waals surface area contributed by atoms with Gasteiger partial charge >= 0.3 is 0 Å². The van der Waals surface area contributed by atoms with Crippen LogP contribution in [0.3, 0.4) is 0 Å². The molecule has 3 nitrogen and oxygen atoms in total. The molecule has 0 spiro atoms. The molecule has 0 saturated carbocycles. The lowest BCUT2D eigenvalue weighted by Gasteiger charge is -2.37. The predicted molar refractivity (Wildman–Crippen MR) is 73.2 cm³/mol. The lowest BCUT2D eigenvalue weighted by atomic mass is 9.90. The molecule has 1 atom stereocenters. The molecule has 1 aromatic carbocycles. The highest BCUT2D eigenvalue weighted by Crippen LogP contribution is 2.33. The van der Waals surface area contributed by atoms with E-state index in [1.54, 1.807) is 0 Å². The molecule has 0 unspecified atom stereocenters. The van der Waals surface area contributed by atoms with Crippen LogP contribution in [0.2, 0.25) is 0 Å². The number of hydrogen-bond acceptors (Lipinski definition) is 2. The third kappa shape index (κ3) is 2.56. The Morgan fingerprint density at radius 1 is 1.44 bits per heavy atom. The second kappa shape index (κ2) is 6.01. The first-order valence-corrected chi connectivity index (χ1v) is 6.85. The second-order valence-corrected chi connectivity index (χ2v) is 4.88. The normalized spacial score (nSPS) is 18.6. The van der Waals surface area contributed by atoms with Gasteiger partial charge in [0, 0.05) is 19.5 Å². The fraction of sp³-hybridized carbons (Fsp3) is 0.533. The highest BCUT2D eigenvalue weighted by molar-refractivity contribution is 5.77. The van der Waals surface area contributed by atoms with E-state index < -0.39 is 0 Å². The fourth-order valence-corrected chi connectivity index (χ4v) is 2.80. The van der Waals surface area contributed by atoms with E-state index in [2.05, 4.69) is 31.2 Å². The van der Waals surface area contributed by atoms with E-state index in [0.717, 1.165) is 25.8 Å². The van der Waals surface area contributed by atoms with Crippen molar-refractivity contribution in [1.29, 1.82) is 0 Å². The van der Waals surface area contributed by atoms with Crippen molar-refractivity contribution in [1.82, 2.24) is 4.90 Å². The summed E-state index contributed by atoms with van der Waals surface area (Å²) in [6, 6.07) is 8.75. The van der Waals surface area contributed by atoms with E-state index in [-0.39, 0.29) is 11.9 Å². The molecule has 1 heterocycles. The van der Waals surface area contributed by atoms with Gasteiger partial charge in [-0.25, -0.2) is 0 Å². The van der Waals surface area contributed by atoms with Gasteiger partial charge in [0.05, 0.1) is 6.04 Å². The Morgan fingerprint density at radius 3 is 2.94 bits per heavy atom. The molecular formula is C15H22N2O. The molecule has 0 aliphatic carbocycles. The van der Waals surface area contributed by atoms with Gasteiger partial charge in [-0.15, -0.1) is 0 Å². The summed E-state index contributed by atoms with van der Waals surface area (Å²) in [4.78, 5) is 14.2. The molecule has 3 heteroatoms. The van der Waals surface area contributed by atoms with Crippen LogP contribution in [-0.4, -0.2) is 23.9 Å². The van der Waals surface area contributed by atoms with Gasteiger partial charge in [0.2, 0.25) is 5.91 Å². The Hall–Kier alpha value is -1.35. The van der Waals surface area contributed by atoms with Crippen LogP contribution in [0.5, 0.6) is 0 Å². The lowest BCUT2D eigenvalue weighted by molar-refractivity contribution is -0.134. The van der Waals surface area contributed by atoms with Gasteiger partial charge in [-0.2, -0.15) is 0 Å². The highest BCUT2D eigenvalue weighted by Gasteiger charge is 2.29. The first kappa shape index (κ1) is 13.1. The summed E-state index contributed by atoms with van der Waals surface area (Å²) < 4.78 is 0. The summed E-state index contributed by atoms with van der Waals surface area (Å²) in [5, 5.41) is 0. The summed E-state index contributed by atoms with van der Waals surface area (Å²) in [5.74, 6) is 0.199. The molecule has 0 radical (unpaired) electrons. The first-order chi connectivity index (χ1) is 8.77. The van der Waals surface area contributed by atoms with Crippen LogP contribution in [0.1, 0.15) is 43.4 Å². The van der Waals surface area contributed by atoms with Crippen molar-refractivity contribution in [3.05, 3.63) is 35.4 Å². The summed E-state index contributed by atoms with van der Waals surface area (Å²) in [5.41, 5.74) is 8.23. The molecule has 18 heavy (non-hydrogen) atoms. The number of benzene rings is 1. The average Bonchev–Trinajstić information content (AvgIpc) is 2.39. The highest BCUT2D eigenvalue weighted by atomic mass is 16.2. The zero-order chi connectivity index (χ0) is 13.0. The minimum absolute atomic E-state index is 0.199. The van der Waals surface area contributed by atoms with E-state index in [1.165, 1.54) is 11.1 Å². The molecule has 1 amide bonds. The van der Waals surface area contributed by atoms with Crippen molar-refractivity contribution < 1.29 is 4.79 Å². The van der Waals surface area contributed by atoms with Gasteiger partial charge in [0.25, 0.3) is 0 Å². The van der Waals surface area contributed by atoms with Crippen LogP contribution in [0, 0.1) is 0 Å². The van der Waals surface area contributed by atoms with Crippen LogP contribution in [0.4, 0.5) is 0 Å². The van der Waals surface area contributed by atoms with Crippen molar-refractivity contribution >= 4 is 5.91 Å². The van der Waals surface area contributed by atoms with E-state index in [0.29, 0.717) is 13.0 Å². The molecule has 0 bridgehead atoms. The maximum atomic E-state index is 12.1. The summed E-state index contributed by atoms with van der Waals surface area (Å²) in [7, 11) is 0. The fourth-order valence-electron chi connectivity index (χ4n) is 2.80. The van der Waals surface area contributed by atoms with Crippen LogP contribution < -0.4 is 5.73 Å². The maximum Gasteiger partial charge on any atom is 0.224 e. The molecule has 1 aliphatic rings. The largest absolute Gasteiger partial charge is 0.335 e. The van der Waals surface area contributed by atoms with E-state index in [1.807, 2.05) is 4.90 Å². The number of rotatable bonds is 4. The zero-order valence-corrected chi connectivity index (χ0v) is 11.1. The lowest BCUT2D eigenvalue weighted by Crippen LogP contribution is -2.40. The first-order valence-electron chi connectivity index (χ1n) is 6.85. The van der Waals surface area contributed by atoms with Crippen LogP contribution in [0.15, 0.2) is 24.3 Å². The number of carbonyl (C=O) groups excluding carboxylic acids is 1. The SMILES string of the molecule is CCC[C@@H]1c2ccccc2CCN1C(=O)CCN. The molecular weight excluding hydrogens is 224 g/mol. The molecule has 2 rings (SSSR count). The Kier molecular flexibility index (Phi) is 4.37. The molecule has 0 fully saturated rings. The third-order valence-corrected chi connectivity index (χ3v) is 3.65. The average molecular weight is 246 g/mol. The van der Waals surface area contributed by atoms with Crippen LogP contribution >= 0.6 is 0 Å². The van der Waals surface area contributed by atoms with Crippen molar-refractivity contribution in [2.45, 2.75) is 38.6 Å².